The number of rotatable bonds is 8. The zero-order valence-corrected chi connectivity index (χ0v) is 14.8. The second-order valence-electron chi connectivity index (χ2n) is 5.53. The summed E-state index contributed by atoms with van der Waals surface area (Å²) in [5.41, 5.74) is 2.91. The van der Waals surface area contributed by atoms with Crippen molar-refractivity contribution in [3.63, 3.8) is 0 Å². The molecule has 0 aliphatic heterocycles. The first kappa shape index (κ1) is 19.4. The van der Waals surface area contributed by atoms with Crippen molar-refractivity contribution in [3.05, 3.63) is 70.8 Å². The number of ether oxygens (including phenoxy) is 2. The van der Waals surface area contributed by atoms with Crippen molar-refractivity contribution in [2.75, 3.05) is 14.2 Å². The smallest absolute Gasteiger partial charge is 0.178 e. The normalized spacial score (nSPS) is 11.2. The van der Waals surface area contributed by atoms with Crippen molar-refractivity contribution >= 4 is 17.9 Å². The Bertz CT molecular complexity index is 754. The Morgan fingerprint density at radius 2 is 1.42 bits per heavy atom. The third-order valence-electron chi connectivity index (χ3n) is 3.86. The lowest BCUT2D eigenvalue weighted by Gasteiger charge is -2.07. The molecule has 0 aliphatic rings. The number of carbonyl (C=O) groups is 1. The van der Waals surface area contributed by atoms with E-state index in [1.807, 2.05) is 6.07 Å². The van der Waals surface area contributed by atoms with E-state index in [0.29, 0.717) is 22.6 Å². The fraction of sp³-hybridized carbons (Fsp3) is 0.190. The zero-order valence-electron chi connectivity index (χ0n) is 14.8. The molecule has 0 unspecified atom stereocenters. The number of carbonyl (C=O) groups excluding carboxylic acids is 1. The number of hydrogen-bond donors (Lipinski definition) is 2. The van der Waals surface area contributed by atoms with Gasteiger partial charge in [0.15, 0.2) is 17.3 Å². The Balaban J connectivity index is 2.08. The molecule has 0 radical (unpaired) electrons. The summed E-state index contributed by atoms with van der Waals surface area (Å²) in [6.07, 6.45) is 6.28. The first-order valence-electron chi connectivity index (χ1n) is 8.07. The van der Waals surface area contributed by atoms with Crippen LogP contribution in [0.5, 0.6) is 11.5 Å². The predicted molar refractivity (Wildman–Crippen MR) is 101 cm³/mol. The lowest BCUT2D eigenvalue weighted by molar-refractivity contribution is -0.110. The fourth-order valence-corrected chi connectivity index (χ4v) is 2.42. The highest BCUT2D eigenvalue weighted by Gasteiger charge is 2.03. The topological polar surface area (TPSA) is 76.0 Å². The summed E-state index contributed by atoms with van der Waals surface area (Å²) in [5, 5.41) is 18.5. The summed E-state index contributed by atoms with van der Waals surface area (Å²) >= 11 is 0. The van der Waals surface area contributed by atoms with Gasteiger partial charge in [0.25, 0.3) is 0 Å². The van der Waals surface area contributed by atoms with Crippen LogP contribution in [0.1, 0.15) is 22.3 Å². The molecule has 5 heteroatoms. The molecule has 2 rings (SSSR count). The van der Waals surface area contributed by atoms with Gasteiger partial charge in [-0.05, 0) is 52.6 Å². The van der Waals surface area contributed by atoms with E-state index in [0.717, 1.165) is 11.1 Å². The molecular formula is C21H22O5. The third-order valence-corrected chi connectivity index (χ3v) is 3.86. The van der Waals surface area contributed by atoms with Crippen LogP contribution in [-0.4, -0.2) is 30.2 Å². The summed E-state index contributed by atoms with van der Waals surface area (Å²) in [6.45, 7) is -0.294. The van der Waals surface area contributed by atoms with Gasteiger partial charge in [-0.25, -0.2) is 0 Å². The van der Waals surface area contributed by atoms with E-state index in [9.17, 15) is 15.0 Å². The van der Waals surface area contributed by atoms with E-state index in [1.165, 1.54) is 12.2 Å². The summed E-state index contributed by atoms with van der Waals surface area (Å²) in [5.74, 6) is 1.05. The molecule has 0 atom stereocenters. The molecule has 0 aromatic heterocycles. The molecule has 0 saturated heterocycles. The van der Waals surface area contributed by atoms with Gasteiger partial charge in [-0.2, -0.15) is 0 Å². The Morgan fingerprint density at radius 1 is 0.846 bits per heavy atom. The number of methoxy groups -OCH3 is 2. The van der Waals surface area contributed by atoms with Crippen molar-refractivity contribution in [2.24, 2.45) is 0 Å². The maximum Gasteiger partial charge on any atom is 0.178 e. The van der Waals surface area contributed by atoms with Crippen LogP contribution in [0.4, 0.5) is 0 Å². The largest absolute Gasteiger partial charge is 0.493 e. The second kappa shape index (κ2) is 9.56. The monoisotopic (exact) mass is 354 g/mol. The minimum absolute atomic E-state index is 0.132. The second-order valence-corrected chi connectivity index (χ2v) is 5.53. The van der Waals surface area contributed by atoms with Gasteiger partial charge < -0.3 is 19.7 Å². The summed E-state index contributed by atoms with van der Waals surface area (Å²) in [4.78, 5) is 12.0. The molecule has 0 heterocycles. The highest BCUT2D eigenvalue weighted by atomic mass is 16.5. The number of ketones is 1. The molecule has 0 saturated carbocycles. The van der Waals surface area contributed by atoms with Gasteiger partial charge in [0.2, 0.25) is 0 Å². The number of benzene rings is 2. The molecule has 0 amide bonds. The van der Waals surface area contributed by atoms with E-state index < -0.39 is 0 Å². The number of hydrogen-bond acceptors (Lipinski definition) is 5. The predicted octanol–water partition coefficient (Wildman–Crippen LogP) is 2.98. The zero-order chi connectivity index (χ0) is 18.9. The Hall–Kier alpha value is -2.89. The Morgan fingerprint density at radius 3 is 2.00 bits per heavy atom. The van der Waals surface area contributed by atoms with Gasteiger partial charge in [-0.15, -0.1) is 0 Å². The minimum atomic E-state index is -0.170. The van der Waals surface area contributed by atoms with Gasteiger partial charge in [0, 0.05) is 0 Å². The van der Waals surface area contributed by atoms with Crippen LogP contribution < -0.4 is 9.47 Å². The standard InChI is InChI=1S/C21H22O5/c1-25-20-10-6-16(12-21(20)26-2)5-9-19(24)8-4-15-3-7-17(13-22)18(11-15)14-23/h3-12,22-23H,13-14H2,1-2H3/b8-4+,9-5+. The van der Waals surface area contributed by atoms with Crippen molar-refractivity contribution in [1.29, 1.82) is 0 Å². The van der Waals surface area contributed by atoms with Crippen molar-refractivity contribution in [2.45, 2.75) is 13.2 Å². The molecule has 0 spiro atoms. The molecule has 5 nitrogen and oxygen atoms in total. The van der Waals surface area contributed by atoms with Gasteiger partial charge in [-0.3, -0.25) is 4.79 Å². The summed E-state index contributed by atoms with van der Waals surface area (Å²) < 4.78 is 10.4. The van der Waals surface area contributed by atoms with Crippen LogP contribution in [0.2, 0.25) is 0 Å². The Kier molecular flexibility index (Phi) is 7.14. The van der Waals surface area contributed by atoms with E-state index in [2.05, 4.69) is 0 Å². The maximum absolute atomic E-state index is 12.0. The highest BCUT2D eigenvalue weighted by Crippen LogP contribution is 2.27. The van der Waals surface area contributed by atoms with Gasteiger partial charge in [0.05, 0.1) is 27.4 Å². The molecule has 26 heavy (non-hydrogen) atoms. The molecule has 2 N–H and O–H groups in total. The molecule has 136 valence electrons. The Labute approximate surface area is 152 Å². The first-order chi connectivity index (χ1) is 12.6. The van der Waals surface area contributed by atoms with Crippen molar-refractivity contribution in [1.82, 2.24) is 0 Å². The van der Waals surface area contributed by atoms with Crippen molar-refractivity contribution < 1.29 is 24.5 Å². The lowest BCUT2D eigenvalue weighted by Crippen LogP contribution is -1.94. The van der Waals surface area contributed by atoms with Crippen molar-refractivity contribution in [3.8, 4) is 11.5 Å². The van der Waals surface area contributed by atoms with Gasteiger partial charge in [-0.1, -0.05) is 30.4 Å². The van der Waals surface area contributed by atoms with Crippen LogP contribution in [0.3, 0.4) is 0 Å². The molecule has 0 bridgehead atoms. The van der Waals surface area contributed by atoms with E-state index in [4.69, 9.17) is 9.47 Å². The summed E-state index contributed by atoms with van der Waals surface area (Å²) in [7, 11) is 3.12. The highest BCUT2D eigenvalue weighted by molar-refractivity contribution is 6.04. The van der Waals surface area contributed by atoms with E-state index >= 15 is 0 Å². The lowest BCUT2D eigenvalue weighted by atomic mass is 10.0. The minimum Gasteiger partial charge on any atom is -0.493 e. The number of aliphatic hydroxyl groups is 2. The number of allylic oxidation sites excluding steroid dienone is 2. The van der Waals surface area contributed by atoms with Crippen LogP contribution >= 0.6 is 0 Å². The van der Waals surface area contributed by atoms with Crippen LogP contribution in [-0.2, 0) is 18.0 Å². The molecule has 0 aliphatic carbocycles. The molecular weight excluding hydrogens is 332 g/mol. The van der Waals surface area contributed by atoms with Crippen LogP contribution in [0, 0.1) is 0 Å². The summed E-state index contributed by atoms with van der Waals surface area (Å²) in [6, 6.07) is 10.6. The average Bonchev–Trinajstić information content (AvgIpc) is 2.69. The SMILES string of the molecule is COc1ccc(/C=C/C(=O)/C=C/c2ccc(CO)c(CO)c2)cc1OC. The van der Waals surface area contributed by atoms with Crippen LogP contribution in [0.15, 0.2) is 48.6 Å². The fourth-order valence-electron chi connectivity index (χ4n) is 2.42. The maximum atomic E-state index is 12.0. The first-order valence-corrected chi connectivity index (χ1v) is 8.07. The molecule has 2 aromatic carbocycles. The molecule has 2 aromatic rings. The van der Waals surface area contributed by atoms with Crippen LogP contribution in [0.25, 0.3) is 12.2 Å². The average molecular weight is 354 g/mol. The molecule has 0 fully saturated rings. The quantitative estimate of drug-likeness (QED) is 0.713. The third kappa shape index (κ3) is 5.05. The van der Waals surface area contributed by atoms with Gasteiger partial charge >= 0.3 is 0 Å². The number of aliphatic hydroxyl groups excluding tert-OH is 2. The van der Waals surface area contributed by atoms with E-state index in [-0.39, 0.29) is 19.0 Å². The van der Waals surface area contributed by atoms with E-state index in [1.54, 1.807) is 56.7 Å². The van der Waals surface area contributed by atoms with Gasteiger partial charge in [0.1, 0.15) is 0 Å².